The van der Waals surface area contributed by atoms with Crippen LogP contribution in [0.2, 0.25) is 0 Å². The lowest BCUT2D eigenvalue weighted by Gasteiger charge is -2.11. The predicted molar refractivity (Wildman–Crippen MR) is 66.9 cm³/mol. The molecule has 0 spiro atoms. The summed E-state index contributed by atoms with van der Waals surface area (Å²) in [7, 11) is 1.55. The maximum atomic E-state index is 10.7. The van der Waals surface area contributed by atoms with Crippen LogP contribution in [0.1, 0.15) is 5.56 Å². The molecule has 0 radical (unpaired) electrons. The Labute approximate surface area is 100 Å². The molecular formula is C13H15NO3. The molecule has 0 aromatic heterocycles. The molecule has 2 N–H and O–H groups in total. The van der Waals surface area contributed by atoms with E-state index in [4.69, 9.17) is 15.2 Å². The van der Waals surface area contributed by atoms with Gasteiger partial charge in [-0.05, 0) is 12.1 Å². The molecular weight excluding hydrogens is 218 g/mol. The fourth-order valence-electron chi connectivity index (χ4n) is 1.29. The lowest BCUT2D eigenvalue weighted by molar-refractivity contribution is -0.113. The van der Waals surface area contributed by atoms with E-state index >= 15 is 0 Å². The Morgan fingerprint density at radius 3 is 2.88 bits per heavy atom. The van der Waals surface area contributed by atoms with Crippen LogP contribution in [0.3, 0.4) is 0 Å². The Kier molecular flexibility index (Phi) is 4.81. The summed E-state index contributed by atoms with van der Waals surface area (Å²) in [4.78, 5) is 10.7. The Morgan fingerprint density at radius 2 is 2.29 bits per heavy atom. The van der Waals surface area contributed by atoms with Gasteiger partial charge in [0.25, 0.3) is 0 Å². The van der Waals surface area contributed by atoms with Crippen LogP contribution in [0.5, 0.6) is 11.5 Å². The Bertz CT molecular complexity index is 438. The SMILES string of the molecule is C=CCOc1c(/C=C\C(N)=O)cccc1OC. The maximum Gasteiger partial charge on any atom is 0.241 e. The summed E-state index contributed by atoms with van der Waals surface area (Å²) in [6.07, 6.45) is 4.49. The number of hydrogen-bond acceptors (Lipinski definition) is 3. The van der Waals surface area contributed by atoms with Gasteiger partial charge < -0.3 is 15.2 Å². The third-order valence-electron chi connectivity index (χ3n) is 2.00. The molecule has 1 aromatic rings. The largest absolute Gasteiger partial charge is 0.493 e. The second-order valence-electron chi connectivity index (χ2n) is 3.21. The van der Waals surface area contributed by atoms with Crippen LogP contribution in [0.15, 0.2) is 36.9 Å². The normalized spacial score (nSPS) is 10.2. The van der Waals surface area contributed by atoms with Gasteiger partial charge in [-0.25, -0.2) is 0 Å². The van der Waals surface area contributed by atoms with Crippen LogP contribution in [-0.2, 0) is 4.79 Å². The molecule has 0 aliphatic heterocycles. The highest BCUT2D eigenvalue weighted by Crippen LogP contribution is 2.31. The molecule has 1 rings (SSSR count). The molecule has 0 aliphatic carbocycles. The number of primary amides is 1. The maximum absolute atomic E-state index is 10.7. The lowest BCUT2D eigenvalue weighted by atomic mass is 10.1. The quantitative estimate of drug-likeness (QED) is 0.601. The highest BCUT2D eigenvalue weighted by atomic mass is 16.5. The second kappa shape index (κ2) is 6.37. The second-order valence-corrected chi connectivity index (χ2v) is 3.21. The van der Waals surface area contributed by atoms with E-state index in [-0.39, 0.29) is 0 Å². The summed E-state index contributed by atoms with van der Waals surface area (Å²) in [5.41, 5.74) is 5.77. The third kappa shape index (κ3) is 3.68. The van der Waals surface area contributed by atoms with E-state index < -0.39 is 5.91 Å². The van der Waals surface area contributed by atoms with Gasteiger partial charge in [-0.1, -0.05) is 24.8 Å². The van der Waals surface area contributed by atoms with Crippen LogP contribution < -0.4 is 15.2 Å². The summed E-state index contributed by atoms with van der Waals surface area (Å²) >= 11 is 0. The zero-order valence-corrected chi connectivity index (χ0v) is 9.68. The van der Waals surface area contributed by atoms with E-state index in [0.29, 0.717) is 18.1 Å². The number of para-hydroxylation sites is 1. The van der Waals surface area contributed by atoms with Gasteiger partial charge in [0.2, 0.25) is 5.91 Å². The Balaban J connectivity index is 3.09. The van der Waals surface area contributed by atoms with Gasteiger partial charge in [0.1, 0.15) is 6.61 Å². The van der Waals surface area contributed by atoms with Crippen molar-refractivity contribution in [1.82, 2.24) is 0 Å². The summed E-state index contributed by atoms with van der Waals surface area (Å²) in [6.45, 7) is 3.94. The van der Waals surface area contributed by atoms with E-state index in [1.165, 1.54) is 6.08 Å². The van der Waals surface area contributed by atoms with Crippen molar-refractivity contribution in [2.75, 3.05) is 13.7 Å². The predicted octanol–water partition coefficient (Wildman–Crippen LogP) is 1.76. The number of carbonyl (C=O) groups excluding carboxylic acids is 1. The first-order valence-corrected chi connectivity index (χ1v) is 5.07. The zero-order valence-electron chi connectivity index (χ0n) is 9.68. The van der Waals surface area contributed by atoms with Crippen molar-refractivity contribution >= 4 is 12.0 Å². The fourth-order valence-corrected chi connectivity index (χ4v) is 1.29. The highest BCUT2D eigenvalue weighted by Gasteiger charge is 2.07. The summed E-state index contributed by atoms with van der Waals surface area (Å²) in [6, 6.07) is 5.39. The standard InChI is InChI=1S/C13H15NO3/c1-3-9-17-13-10(7-8-12(14)15)5-4-6-11(13)16-2/h3-8H,1,9H2,2H3,(H2,14,15)/b8-7-. The van der Waals surface area contributed by atoms with E-state index in [0.717, 1.165) is 5.56 Å². The number of ether oxygens (including phenoxy) is 2. The summed E-state index contributed by atoms with van der Waals surface area (Å²) in [5.74, 6) is 0.647. The molecule has 0 heterocycles. The molecule has 0 aliphatic rings. The molecule has 0 atom stereocenters. The van der Waals surface area contributed by atoms with Crippen molar-refractivity contribution in [1.29, 1.82) is 0 Å². The molecule has 0 bridgehead atoms. The number of rotatable bonds is 6. The van der Waals surface area contributed by atoms with E-state index in [1.54, 1.807) is 37.5 Å². The van der Waals surface area contributed by atoms with Gasteiger partial charge in [0.15, 0.2) is 11.5 Å². The minimum absolute atomic E-state index is 0.359. The van der Waals surface area contributed by atoms with Crippen molar-refractivity contribution < 1.29 is 14.3 Å². The molecule has 1 amide bonds. The Hall–Kier alpha value is -2.23. The molecule has 0 saturated heterocycles. The van der Waals surface area contributed by atoms with Gasteiger partial charge in [-0.2, -0.15) is 0 Å². The van der Waals surface area contributed by atoms with Crippen molar-refractivity contribution in [2.24, 2.45) is 5.73 Å². The molecule has 4 nitrogen and oxygen atoms in total. The van der Waals surface area contributed by atoms with E-state index in [1.807, 2.05) is 0 Å². The number of nitrogens with two attached hydrogens (primary N) is 1. The van der Waals surface area contributed by atoms with Crippen molar-refractivity contribution in [3.05, 3.63) is 42.5 Å². The first-order valence-electron chi connectivity index (χ1n) is 5.07. The third-order valence-corrected chi connectivity index (χ3v) is 2.00. The summed E-state index contributed by atoms with van der Waals surface area (Å²) in [5, 5.41) is 0. The van der Waals surface area contributed by atoms with Gasteiger partial charge in [-0.15, -0.1) is 0 Å². The molecule has 17 heavy (non-hydrogen) atoms. The van der Waals surface area contributed by atoms with E-state index in [2.05, 4.69) is 6.58 Å². The molecule has 90 valence electrons. The van der Waals surface area contributed by atoms with Crippen molar-refractivity contribution in [3.8, 4) is 11.5 Å². The Morgan fingerprint density at radius 1 is 1.53 bits per heavy atom. The number of carbonyl (C=O) groups is 1. The molecule has 4 heteroatoms. The number of hydrogen-bond donors (Lipinski definition) is 1. The minimum atomic E-state index is -0.512. The van der Waals surface area contributed by atoms with Gasteiger partial charge >= 0.3 is 0 Å². The van der Waals surface area contributed by atoms with Crippen LogP contribution in [0, 0.1) is 0 Å². The van der Waals surface area contributed by atoms with E-state index in [9.17, 15) is 4.79 Å². The van der Waals surface area contributed by atoms with Crippen molar-refractivity contribution in [3.63, 3.8) is 0 Å². The smallest absolute Gasteiger partial charge is 0.241 e. The van der Waals surface area contributed by atoms with Crippen LogP contribution in [0.25, 0.3) is 6.08 Å². The van der Waals surface area contributed by atoms with Crippen LogP contribution in [0.4, 0.5) is 0 Å². The first kappa shape index (κ1) is 12.8. The van der Waals surface area contributed by atoms with Gasteiger partial charge in [0, 0.05) is 11.6 Å². The topological polar surface area (TPSA) is 61.5 Å². The average molecular weight is 233 g/mol. The highest BCUT2D eigenvalue weighted by molar-refractivity contribution is 5.90. The van der Waals surface area contributed by atoms with Crippen LogP contribution >= 0.6 is 0 Å². The lowest BCUT2D eigenvalue weighted by Crippen LogP contribution is -2.05. The zero-order chi connectivity index (χ0) is 12.7. The summed E-state index contributed by atoms with van der Waals surface area (Å²) < 4.78 is 10.7. The molecule has 0 fully saturated rings. The van der Waals surface area contributed by atoms with Crippen LogP contribution in [-0.4, -0.2) is 19.6 Å². The van der Waals surface area contributed by atoms with Crippen molar-refractivity contribution in [2.45, 2.75) is 0 Å². The molecule has 0 unspecified atom stereocenters. The number of methoxy groups -OCH3 is 1. The van der Waals surface area contributed by atoms with Gasteiger partial charge in [-0.3, -0.25) is 4.79 Å². The fraction of sp³-hybridized carbons (Fsp3) is 0.154. The monoisotopic (exact) mass is 233 g/mol. The molecule has 1 aromatic carbocycles. The first-order chi connectivity index (χ1) is 8.19. The number of benzene rings is 1. The van der Waals surface area contributed by atoms with Gasteiger partial charge in [0.05, 0.1) is 7.11 Å². The number of amides is 1. The minimum Gasteiger partial charge on any atom is -0.493 e. The average Bonchev–Trinajstić information content (AvgIpc) is 2.33. The molecule has 0 saturated carbocycles.